The monoisotopic (exact) mass is 210 g/mol. The van der Waals surface area contributed by atoms with E-state index < -0.39 is 0 Å². The van der Waals surface area contributed by atoms with Crippen LogP contribution in [0.2, 0.25) is 0 Å². The molecule has 1 aromatic rings. The summed E-state index contributed by atoms with van der Waals surface area (Å²) in [6, 6.07) is 4.72. The molecule has 0 radical (unpaired) electrons. The maximum atomic E-state index is 5.68. The maximum absolute atomic E-state index is 5.68. The SMILES string of the molecule is CC(N)CCCNC(C)Cc1ccco1. The lowest BCUT2D eigenvalue weighted by atomic mass is 10.1. The van der Waals surface area contributed by atoms with Crippen LogP contribution in [0.4, 0.5) is 0 Å². The third kappa shape index (κ3) is 5.60. The van der Waals surface area contributed by atoms with Crippen molar-refractivity contribution in [3.8, 4) is 0 Å². The van der Waals surface area contributed by atoms with E-state index in [1.807, 2.05) is 19.1 Å². The van der Waals surface area contributed by atoms with Crippen molar-refractivity contribution in [1.29, 1.82) is 0 Å². The van der Waals surface area contributed by atoms with E-state index in [-0.39, 0.29) is 0 Å². The predicted molar refractivity (Wildman–Crippen MR) is 62.8 cm³/mol. The van der Waals surface area contributed by atoms with Crippen molar-refractivity contribution in [2.45, 2.75) is 45.2 Å². The van der Waals surface area contributed by atoms with E-state index in [4.69, 9.17) is 10.2 Å². The van der Waals surface area contributed by atoms with Gasteiger partial charge in [-0.05, 0) is 45.4 Å². The van der Waals surface area contributed by atoms with E-state index in [1.54, 1.807) is 6.26 Å². The van der Waals surface area contributed by atoms with Gasteiger partial charge in [0.05, 0.1) is 6.26 Å². The highest BCUT2D eigenvalue weighted by Gasteiger charge is 2.04. The van der Waals surface area contributed by atoms with Crippen LogP contribution in [0.25, 0.3) is 0 Å². The number of furan rings is 1. The fourth-order valence-corrected chi connectivity index (χ4v) is 1.58. The van der Waals surface area contributed by atoms with E-state index in [0.29, 0.717) is 12.1 Å². The van der Waals surface area contributed by atoms with Gasteiger partial charge in [0.25, 0.3) is 0 Å². The van der Waals surface area contributed by atoms with E-state index >= 15 is 0 Å². The van der Waals surface area contributed by atoms with Crippen LogP contribution in [0.1, 0.15) is 32.4 Å². The Kier molecular flexibility index (Phi) is 5.43. The van der Waals surface area contributed by atoms with Gasteiger partial charge in [-0.1, -0.05) is 0 Å². The first-order valence-corrected chi connectivity index (χ1v) is 5.70. The Labute approximate surface area is 92.0 Å². The normalized spacial score (nSPS) is 15.1. The lowest BCUT2D eigenvalue weighted by molar-refractivity contribution is 0.449. The Hall–Kier alpha value is -0.800. The summed E-state index contributed by atoms with van der Waals surface area (Å²) >= 11 is 0. The van der Waals surface area contributed by atoms with Crippen LogP contribution < -0.4 is 11.1 Å². The molecular formula is C12H22N2O. The highest BCUT2D eigenvalue weighted by atomic mass is 16.3. The fraction of sp³-hybridized carbons (Fsp3) is 0.667. The van der Waals surface area contributed by atoms with E-state index in [2.05, 4.69) is 12.2 Å². The number of nitrogens with two attached hydrogens (primary N) is 1. The quantitative estimate of drug-likeness (QED) is 0.676. The molecule has 0 aliphatic rings. The van der Waals surface area contributed by atoms with Crippen molar-refractivity contribution < 1.29 is 4.42 Å². The molecule has 0 spiro atoms. The average Bonchev–Trinajstić information content (AvgIpc) is 2.64. The summed E-state index contributed by atoms with van der Waals surface area (Å²) in [7, 11) is 0. The Morgan fingerprint density at radius 1 is 1.47 bits per heavy atom. The molecular weight excluding hydrogens is 188 g/mol. The second-order valence-corrected chi connectivity index (χ2v) is 4.26. The number of hydrogen-bond donors (Lipinski definition) is 2. The number of nitrogens with one attached hydrogen (secondary N) is 1. The summed E-state index contributed by atoms with van der Waals surface area (Å²) in [4.78, 5) is 0. The zero-order chi connectivity index (χ0) is 11.1. The molecule has 1 aromatic heterocycles. The van der Waals surface area contributed by atoms with Gasteiger partial charge in [-0.3, -0.25) is 0 Å². The molecule has 15 heavy (non-hydrogen) atoms. The largest absolute Gasteiger partial charge is 0.469 e. The molecule has 0 bridgehead atoms. The molecule has 0 fully saturated rings. The standard InChI is InChI=1S/C12H22N2O/c1-10(13)5-3-7-14-11(2)9-12-6-4-8-15-12/h4,6,8,10-11,14H,3,5,7,9,13H2,1-2H3. The van der Waals surface area contributed by atoms with Gasteiger partial charge < -0.3 is 15.5 Å². The van der Waals surface area contributed by atoms with Crippen molar-refractivity contribution in [1.82, 2.24) is 5.32 Å². The molecule has 2 unspecified atom stereocenters. The Balaban J connectivity index is 2.06. The average molecular weight is 210 g/mol. The number of rotatable bonds is 7. The molecule has 1 heterocycles. The van der Waals surface area contributed by atoms with Crippen molar-refractivity contribution in [2.24, 2.45) is 5.73 Å². The summed E-state index contributed by atoms with van der Waals surface area (Å²) in [6.45, 7) is 5.25. The van der Waals surface area contributed by atoms with Gasteiger partial charge in [-0.15, -0.1) is 0 Å². The van der Waals surface area contributed by atoms with Crippen LogP contribution in [-0.4, -0.2) is 18.6 Å². The summed E-state index contributed by atoms with van der Waals surface area (Å²) in [5.41, 5.74) is 5.68. The van der Waals surface area contributed by atoms with Crippen LogP contribution in [0.3, 0.4) is 0 Å². The topological polar surface area (TPSA) is 51.2 Å². The first-order chi connectivity index (χ1) is 7.18. The maximum Gasteiger partial charge on any atom is 0.105 e. The molecule has 1 rings (SSSR count). The van der Waals surface area contributed by atoms with Gasteiger partial charge in [-0.25, -0.2) is 0 Å². The third-order valence-corrected chi connectivity index (χ3v) is 2.42. The summed E-state index contributed by atoms with van der Waals surface area (Å²) in [6.07, 6.45) is 4.89. The van der Waals surface area contributed by atoms with Gasteiger partial charge in [0.2, 0.25) is 0 Å². The van der Waals surface area contributed by atoms with Gasteiger partial charge in [0.15, 0.2) is 0 Å². The fourth-order valence-electron chi connectivity index (χ4n) is 1.58. The van der Waals surface area contributed by atoms with Crippen molar-refractivity contribution in [2.75, 3.05) is 6.54 Å². The third-order valence-electron chi connectivity index (χ3n) is 2.42. The van der Waals surface area contributed by atoms with Gasteiger partial charge in [-0.2, -0.15) is 0 Å². The molecule has 0 saturated heterocycles. The van der Waals surface area contributed by atoms with Crippen LogP contribution >= 0.6 is 0 Å². The second kappa shape index (κ2) is 6.64. The lowest BCUT2D eigenvalue weighted by Gasteiger charge is -2.12. The second-order valence-electron chi connectivity index (χ2n) is 4.26. The molecule has 0 amide bonds. The minimum absolute atomic E-state index is 0.312. The van der Waals surface area contributed by atoms with Crippen LogP contribution in [0.5, 0.6) is 0 Å². The zero-order valence-corrected chi connectivity index (χ0v) is 9.70. The van der Waals surface area contributed by atoms with E-state index in [0.717, 1.165) is 31.6 Å². The number of hydrogen-bond acceptors (Lipinski definition) is 3. The van der Waals surface area contributed by atoms with E-state index in [9.17, 15) is 0 Å². The first kappa shape index (κ1) is 12.3. The van der Waals surface area contributed by atoms with Crippen LogP contribution in [-0.2, 0) is 6.42 Å². The van der Waals surface area contributed by atoms with Gasteiger partial charge >= 0.3 is 0 Å². The van der Waals surface area contributed by atoms with Crippen molar-refractivity contribution in [3.63, 3.8) is 0 Å². The van der Waals surface area contributed by atoms with Crippen molar-refractivity contribution in [3.05, 3.63) is 24.2 Å². The molecule has 0 aliphatic heterocycles. The zero-order valence-electron chi connectivity index (χ0n) is 9.70. The molecule has 3 nitrogen and oxygen atoms in total. The highest BCUT2D eigenvalue weighted by molar-refractivity contribution is 4.99. The predicted octanol–water partition coefficient (Wildman–Crippen LogP) is 1.93. The Morgan fingerprint density at radius 3 is 2.87 bits per heavy atom. The molecule has 0 aromatic carbocycles. The highest BCUT2D eigenvalue weighted by Crippen LogP contribution is 2.03. The van der Waals surface area contributed by atoms with Crippen LogP contribution in [0.15, 0.2) is 22.8 Å². The smallest absolute Gasteiger partial charge is 0.105 e. The van der Waals surface area contributed by atoms with Crippen molar-refractivity contribution >= 4 is 0 Å². The Morgan fingerprint density at radius 2 is 2.27 bits per heavy atom. The molecule has 3 heteroatoms. The van der Waals surface area contributed by atoms with E-state index in [1.165, 1.54) is 0 Å². The first-order valence-electron chi connectivity index (χ1n) is 5.70. The summed E-state index contributed by atoms with van der Waals surface area (Å²) in [5, 5.41) is 3.46. The Bertz CT molecular complexity index is 244. The molecule has 3 N–H and O–H groups in total. The van der Waals surface area contributed by atoms with Crippen LogP contribution in [0, 0.1) is 0 Å². The minimum atomic E-state index is 0.312. The molecule has 2 atom stereocenters. The molecule has 0 saturated carbocycles. The molecule has 0 aliphatic carbocycles. The summed E-state index contributed by atoms with van der Waals surface area (Å²) in [5.74, 6) is 1.04. The lowest BCUT2D eigenvalue weighted by Crippen LogP contribution is -2.29. The van der Waals surface area contributed by atoms with Gasteiger partial charge in [0, 0.05) is 18.5 Å². The minimum Gasteiger partial charge on any atom is -0.469 e. The summed E-state index contributed by atoms with van der Waals surface area (Å²) < 4.78 is 5.29. The molecule has 86 valence electrons. The van der Waals surface area contributed by atoms with Gasteiger partial charge in [0.1, 0.15) is 5.76 Å².